The van der Waals surface area contributed by atoms with Gasteiger partial charge < -0.3 is 15.4 Å². The van der Waals surface area contributed by atoms with E-state index < -0.39 is 0 Å². The van der Waals surface area contributed by atoms with Crippen molar-refractivity contribution in [3.8, 4) is 5.75 Å². The van der Waals surface area contributed by atoms with Gasteiger partial charge in [0.15, 0.2) is 0 Å². The molecular formula is C14H17N5O2. The van der Waals surface area contributed by atoms with E-state index in [0.29, 0.717) is 31.8 Å². The molecule has 0 aliphatic carbocycles. The molecule has 0 amide bonds. The number of nitrogens with two attached hydrogens (primary N) is 1. The van der Waals surface area contributed by atoms with Crippen LogP contribution in [0.15, 0.2) is 23.3 Å². The Bertz CT molecular complexity index is 713. The van der Waals surface area contributed by atoms with Gasteiger partial charge in [0.2, 0.25) is 0 Å². The Morgan fingerprint density at radius 1 is 1.43 bits per heavy atom. The molecule has 3 heterocycles. The molecule has 1 aliphatic rings. The van der Waals surface area contributed by atoms with Crippen LogP contribution in [-0.4, -0.2) is 28.3 Å². The van der Waals surface area contributed by atoms with Crippen LogP contribution in [0.2, 0.25) is 0 Å². The molecule has 3 N–H and O–H groups in total. The molecule has 0 saturated heterocycles. The lowest BCUT2D eigenvalue weighted by molar-refractivity contribution is 0.326. The van der Waals surface area contributed by atoms with Crippen LogP contribution in [0.3, 0.4) is 0 Å². The molecule has 0 fully saturated rings. The van der Waals surface area contributed by atoms with E-state index in [1.807, 2.05) is 6.07 Å². The van der Waals surface area contributed by atoms with Crippen LogP contribution < -0.4 is 20.9 Å². The smallest absolute Gasteiger partial charge is 0.269 e. The predicted octanol–water partition coefficient (Wildman–Crippen LogP) is 0.331. The Balaban J connectivity index is 1.84. The number of H-pyrrole nitrogens is 1. The Kier molecular flexibility index (Phi) is 3.57. The fourth-order valence-corrected chi connectivity index (χ4v) is 2.43. The number of fused-ring (bicyclic) bond motifs is 1. The van der Waals surface area contributed by atoms with E-state index in [0.717, 1.165) is 22.7 Å². The third-order valence-corrected chi connectivity index (χ3v) is 3.54. The van der Waals surface area contributed by atoms with Crippen LogP contribution in [0, 0.1) is 6.92 Å². The van der Waals surface area contributed by atoms with E-state index in [1.54, 1.807) is 19.3 Å². The van der Waals surface area contributed by atoms with Crippen molar-refractivity contribution in [1.82, 2.24) is 15.2 Å². The number of ether oxygens (including phenoxy) is 1. The van der Waals surface area contributed by atoms with Gasteiger partial charge in [-0.15, -0.1) is 0 Å². The van der Waals surface area contributed by atoms with Gasteiger partial charge >= 0.3 is 0 Å². The third kappa shape index (κ3) is 2.59. The van der Waals surface area contributed by atoms with Gasteiger partial charge in [-0.2, -0.15) is 5.10 Å². The largest absolute Gasteiger partial charge is 0.491 e. The summed E-state index contributed by atoms with van der Waals surface area (Å²) in [5, 5.41) is 6.31. The van der Waals surface area contributed by atoms with E-state index >= 15 is 0 Å². The van der Waals surface area contributed by atoms with E-state index in [-0.39, 0.29) is 5.56 Å². The van der Waals surface area contributed by atoms with Crippen LogP contribution in [0.5, 0.6) is 5.75 Å². The topological polar surface area (TPSA) is 97.1 Å². The molecular weight excluding hydrogens is 270 g/mol. The van der Waals surface area contributed by atoms with Gasteiger partial charge in [0.25, 0.3) is 5.56 Å². The molecule has 0 bridgehead atoms. The molecule has 110 valence electrons. The Morgan fingerprint density at radius 3 is 3.10 bits per heavy atom. The number of hydrogen-bond acceptors (Lipinski definition) is 6. The lowest BCUT2D eigenvalue weighted by Gasteiger charge is -2.18. The second-order valence-corrected chi connectivity index (χ2v) is 4.98. The summed E-state index contributed by atoms with van der Waals surface area (Å²) in [7, 11) is 0. The molecule has 0 unspecified atom stereocenters. The average molecular weight is 287 g/mol. The summed E-state index contributed by atoms with van der Waals surface area (Å²) < 4.78 is 5.49. The van der Waals surface area contributed by atoms with Crippen molar-refractivity contribution in [2.45, 2.75) is 20.0 Å². The number of aromatic amines is 1. The first kappa shape index (κ1) is 13.6. The highest BCUT2D eigenvalue weighted by Gasteiger charge is 2.23. The van der Waals surface area contributed by atoms with Crippen molar-refractivity contribution in [2.75, 3.05) is 18.1 Å². The first-order valence-electron chi connectivity index (χ1n) is 6.79. The van der Waals surface area contributed by atoms with Gasteiger partial charge in [-0.3, -0.25) is 9.78 Å². The zero-order chi connectivity index (χ0) is 14.8. The lowest BCUT2D eigenvalue weighted by atomic mass is 10.2. The minimum absolute atomic E-state index is 0.164. The first-order valence-corrected chi connectivity index (χ1v) is 6.79. The minimum atomic E-state index is -0.164. The molecule has 0 radical (unpaired) electrons. The van der Waals surface area contributed by atoms with Crippen LogP contribution in [0.25, 0.3) is 0 Å². The fourth-order valence-electron chi connectivity index (χ4n) is 2.43. The third-order valence-electron chi connectivity index (χ3n) is 3.54. The van der Waals surface area contributed by atoms with Gasteiger partial charge in [-0.05, 0) is 18.6 Å². The standard InChI is InChI=1S/C14H17N5O2/c1-9-13(6-17-18-14(9)20)19-7-10-4-11(21-3-2-15)5-16-12(10)8-19/h4-6H,2-3,7-8,15H2,1H3,(H,18,20). The van der Waals surface area contributed by atoms with E-state index in [2.05, 4.69) is 20.1 Å². The number of pyridine rings is 1. The number of anilines is 1. The fraction of sp³-hybridized carbons (Fsp3) is 0.357. The molecule has 2 aromatic rings. The quantitative estimate of drug-likeness (QED) is 0.841. The number of nitrogens with one attached hydrogen (secondary N) is 1. The summed E-state index contributed by atoms with van der Waals surface area (Å²) in [6.07, 6.45) is 3.38. The van der Waals surface area contributed by atoms with E-state index in [9.17, 15) is 4.79 Å². The number of rotatable bonds is 4. The predicted molar refractivity (Wildman–Crippen MR) is 78.3 cm³/mol. The summed E-state index contributed by atoms with van der Waals surface area (Å²) in [6, 6.07) is 1.98. The SMILES string of the molecule is Cc1c(N2Cc3cc(OCCN)cnc3C2)cn[nH]c1=O. The number of hydrogen-bond donors (Lipinski definition) is 2. The molecule has 21 heavy (non-hydrogen) atoms. The Labute approximate surface area is 121 Å². The average Bonchev–Trinajstić information content (AvgIpc) is 2.90. The summed E-state index contributed by atoms with van der Waals surface area (Å²) >= 11 is 0. The van der Waals surface area contributed by atoms with Crippen LogP contribution in [-0.2, 0) is 13.1 Å². The highest BCUT2D eigenvalue weighted by molar-refractivity contribution is 5.54. The summed E-state index contributed by atoms with van der Waals surface area (Å²) in [6.45, 7) is 4.09. The van der Waals surface area contributed by atoms with Crippen molar-refractivity contribution in [3.05, 3.63) is 45.6 Å². The van der Waals surface area contributed by atoms with Crippen LogP contribution >= 0.6 is 0 Å². The van der Waals surface area contributed by atoms with Gasteiger partial charge in [-0.25, -0.2) is 5.10 Å². The Morgan fingerprint density at radius 2 is 2.29 bits per heavy atom. The van der Waals surface area contributed by atoms with Crippen molar-refractivity contribution < 1.29 is 4.74 Å². The van der Waals surface area contributed by atoms with E-state index in [1.165, 1.54) is 0 Å². The van der Waals surface area contributed by atoms with Crippen molar-refractivity contribution in [2.24, 2.45) is 5.73 Å². The second-order valence-electron chi connectivity index (χ2n) is 4.98. The maximum Gasteiger partial charge on any atom is 0.269 e. The van der Waals surface area contributed by atoms with Gasteiger partial charge in [-0.1, -0.05) is 0 Å². The van der Waals surface area contributed by atoms with Crippen LogP contribution in [0.1, 0.15) is 16.8 Å². The van der Waals surface area contributed by atoms with Crippen molar-refractivity contribution >= 4 is 5.69 Å². The van der Waals surface area contributed by atoms with Gasteiger partial charge in [0, 0.05) is 18.7 Å². The number of nitrogens with zero attached hydrogens (tertiary/aromatic N) is 3. The van der Waals surface area contributed by atoms with Gasteiger partial charge in [0.1, 0.15) is 12.4 Å². The van der Waals surface area contributed by atoms with Gasteiger partial charge in [0.05, 0.1) is 30.3 Å². The highest BCUT2D eigenvalue weighted by atomic mass is 16.5. The van der Waals surface area contributed by atoms with Crippen molar-refractivity contribution in [3.63, 3.8) is 0 Å². The van der Waals surface area contributed by atoms with Crippen LogP contribution in [0.4, 0.5) is 5.69 Å². The molecule has 0 atom stereocenters. The molecule has 7 nitrogen and oxygen atoms in total. The molecule has 7 heteroatoms. The zero-order valence-corrected chi connectivity index (χ0v) is 11.8. The maximum absolute atomic E-state index is 11.6. The zero-order valence-electron chi connectivity index (χ0n) is 11.8. The Hall–Kier alpha value is -2.41. The normalized spacial score (nSPS) is 13.3. The highest BCUT2D eigenvalue weighted by Crippen LogP contribution is 2.29. The second kappa shape index (κ2) is 5.53. The van der Waals surface area contributed by atoms with Crippen molar-refractivity contribution in [1.29, 1.82) is 0 Å². The molecule has 0 spiro atoms. The molecule has 2 aromatic heterocycles. The molecule has 0 aromatic carbocycles. The first-order chi connectivity index (χ1) is 10.2. The monoisotopic (exact) mass is 287 g/mol. The lowest BCUT2D eigenvalue weighted by Crippen LogP contribution is -2.21. The summed E-state index contributed by atoms with van der Waals surface area (Å²) in [5.41, 5.74) is 8.86. The molecule has 3 rings (SSSR count). The molecule has 1 aliphatic heterocycles. The number of aromatic nitrogens is 3. The molecule has 0 saturated carbocycles. The minimum Gasteiger partial charge on any atom is -0.491 e. The summed E-state index contributed by atoms with van der Waals surface area (Å²) in [4.78, 5) is 18.2. The van der Waals surface area contributed by atoms with E-state index in [4.69, 9.17) is 10.5 Å². The maximum atomic E-state index is 11.6. The summed E-state index contributed by atoms with van der Waals surface area (Å²) in [5.74, 6) is 0.724.